The van der Waals surface area contributed by atoms with Gasteiger partial charge in [-0.3, -0.25) is 62.3 Å². The maximum atomic E-state index is 15.1. The standard InChI is InChI=1S/C76H126N14O16/c1-20-45(16)60(72(101)89-63-48(19)106-76(105)59(44(14)15)85-64(93)50(22-3)78-66(95)52(38-49-31-24-23-25-32-49)80-68(97)56(41(8)9)82-71(100)61(46(17)21-2)87-74(63)103)86-65(94)51(33-26-27-36-77)79-67(96)53-34-29-37-90(53)75(104)58(43(12)13)84-70(99)57(42(10)11)83-73(102)62(47(18)91)88-69(98)55(40(6)7)81-54(92)35-28-30-39(4)5/h22-25,31-32,39-48,51-53,55-63,91H,20-21,26-30,33-38,77H2,1-19H3,(H,78,95)(H,79,96)(H,80,97)(H,81,92)(H,82,100)(H,83,102)(H,84,99)(H,85,93)(H,86,94)(H,87,103)(H,88,98)(H,89,101)/b50-22-/t45?,46?,47?,48?,51-,52-,53?,55+,56+,57-,58+,59-,60+,61+,62-,63+/m0/s1. The first kappa shape index (κ1) is 91.7. The molecule has 106 heavy (non-hydrogen) atoms. The quantitative estimate of drug-likeness (QED) is 0.0267. The number of nitrogens with two attached hydrogens (primary N) is 1. The molecule has 2 aliphatic rings. The molecule has 0 spiro atoms. The van der Waals surface area contributed by atoms with Crippen LogP contribution in [0, 0.1) is 47.3 Å². The van der Waals surface area contributed by atoms with Gasteiger partial charge in [-0.15, -0.1) is 0 Å². The van der Waals surface area contributed by atoms with Gasteiger partial charge in [0.05, 0.1) is 6.10 Å². The van der Waals surface area contributed by atoms with Gasteiger partial charge >= 0.3 is 5.97 Å². The Balaban J connectivity index is 2.02. The number of unbranched alkanes of at least 4 members (excludes halogenated alkanes) is 1. The number of benzene rings is 1. The van der Waals surface area contributed by atoms with Crippen LogP contribution in [-0.2, 0) is 78.3 Å². The highest BCUT2D eigenvalue weighted by molar-refractivity contribution is 6.03. The van der Waals surface area contributed by atoms with Crippen molar-refractivity contribution in [3.63, 3.8) is 0 Å². The van der Waals surface area contributed by atoms with Gasteiger partial charge in [-0.25, -0.2) is 4.79 Å². The van der Waals surface area contributed by atoms with Crippen LogP contribution in [0.5, 0.6) is 0 Å². The average molecular weight is 1490 g/mol. The third-order valence-electron chi connectivity index (χ3n) is 19.5. The minimum absolute atomic E-state index is 0.00442. The number of amides is 13. The summed E-state index contributed by atoms with van der Waals surface area (Å²) < 4.78 is 5.97. The van der Waals surface area contributed by atoms with Crippen molar-refractivity contribution in [2.45, 2.75) is 287 Å². The van der Waals surface area contributed by atoms with Gasteiger partial charge in [-0.2, -0.15) is 0 Å². The van der Waals surface area contributed by atoms with Crippen molar-refractivity contribution in [2.24, 2.45) is 53.1 Å². The summed E-state index contributed by atoms with van der Waals surface area (Å²) in [6.45, 7) is 32.0. The van der Waals surface area contributed by atoms with Crippen molar-refractivity contribution in [3.8, 4) is 0 Å². The van der Waals surface area contributed by atoms with Crippen LogP contribution in [0.3, 0.4) is 0 Å². The Labute approximate surface area is 626 Å². The molecule has 16 atom stereocenters. The molecule has 0 saturated carbocycles. The largest absolute Gasteiger partial charge is 0.458 e. The van der Waals surface area contributed by atoms with Crippen LogP contribution in [0.4, 0.5) is 0 Å². The number of aliphatic hydroxyl groups is 1. The molecule has 1 aromatic rings. The molecule has 2 aliphatic heterocycles. The van der Waals surface area contributed by atoms with Crippen molar-refractivity contribution in [2.75, 3.05) is 13.1 Å². The summed E-state index contributed by atoms with van der Waals surface area (Å²) in [5.74, 6) is -15.0. The van der Waals surface area contributed by atoms with Crippen LogP contribution in [0.25, 0.3) is 0 Å². The van der Waals surface area contributed by atoms with Crippen molar-refractivity contribution in [1.29, 1.82) is 0 Å². The van der Waals surface area contributed by atoms with E-state index in [0.717, 1.165) is 6.42 Å². The molecule has 13 amide bonds. The number of hydrogen-bond acceptors (Lipinski definition) is 17. The van der Waals surface area contributed by atoms with E-state index in [1.165, 1.54) is 31.7 Å². The summed E-state index contributed by atoms with van der Waals surface area (Å²) in [6, 6.07) is -7.62. The summed E-state index contributed by atoms with van der Waals surface area (Å²) in [5, 5.41) is 43.3. The highest BCUT2D eigenvalue weighted by Crippen LogP contribution is 2.23. The Morgan fingerprint density at radius 1 is 0.604 bits per heavy atom. The second kappa shape index (κ2) is 44.6. The predicted molar refractivity (Wildman–Crippen MR) is 400 cm³/mol. The van der Waals surface area contributed by atoms with E-state index in [0.29, 0.717) is 43.6 Å². The number of carbonyl (C=O) groups excluding carboxylic acids is 14. The fourth-order valence-electron chi connectivity index (χ4n) is 12.3. The Morgan fingerprint density at radius 3 is 1.69 bits per heavy atom. The molecule has 2 fully saturated rings. The summed E-state index contributed by atoms with van der Waals surface area (Å²) in [4.78, 5) is 202. The molecule has 2 heterocycles. The number of hydrogen-bond donors (Lipinski definition) is 14. The zero-order valence-electron chi connectivity index (χ0n) is 66.0. The van der Waals surface area contributed by atoms with Crippen LogP contribution < -0.4 is 69.5 Å². The zero-order chi connectivity index (χ0) is 80.1. The summed E-state index contributed by atoms with van der Waals surface area (Å²) in [5.41, 5.74) is 6.28. The molecular formula is C76H126N14O16. The molecule has 2 saturated heterocycles. The number of carbonyl (C=O) groups is 14. The second-order valence-electron chi connectivity index (χ2n) is 30.5. The Kier molecular flexibility index (Phi) is 38.5. The lowest BCUT2D eigenvalue weighted by Gasteiger charge is -2.34. The summed E-state index contributed by atoms with van der Waals surface area (Å²) >= 11 is 0. The monoisotopic (exact) mass is 1490 g/mol. The van der Waals surface area contributed by atoms with Gasteiger partial charge < -0.3 is 84.3 Å². The van der Waals surface area contributed by atoms with Gasteiger partial charge in [0.1, 0.15) is 84.3 Å². The van der Waals surface area contributed by atoms with Gasteiger partial charge in [0.2, 0.25) is 70.9 Å². The lowest BCUT2D eigenvalue weighted by molar-refractivity contribution is -0.157. The van der Waals surface area contributed by atoms with Crippen LogP contribution in [0.1, 0.15) is 201 Å². The van der Waals surface area contributed by atoms with E-state index >= 15 is 9.59 Å². The lowest BCUT2D eigenvalue weighted by atomic mass is 9.95. The molecule has 15 N–H and O–H groups in total. The van der Waals surface area contributed by atoms with Gasteiger partial charge in [-0.05, 0) is 119 Å². The molecule has 3 rings (SSSR count). The SMILES string of the molecule is C/C=C1\NC(=O)[C@H](Cc2ccccc2)NC(=O)[C@@H](C(C)C)NC(=O)[C@@H](C(C)CC)NC(=O)[C@H](NC(=O)[C@H](NC(=O)[C@H](CCCCN)NC(=O)C2CCCN2C(=O)[C@H](NC(=O)[C@@H](NC(=O)[C@@H](NC(=O)[C@H](NC(=O)CCCC(C)C)C(C)C)C(C)O)C(C)C)C(C)C)C(C)CC)C(C)OC(=O)[C@H](C(C)C)NC1=O. The first-order chi connectivity index (χ1) is 49.7. The number of likely N-dealkylation sites (tertiary alicyclic amines) is 1. The van der Waals surface area contributed by atoms with E-state index in [1.54, 1.807) is 127 Å². The summed E-state index contributed by atoms with van der Waals surface area (Å²) in [7, 11) is 0. The van der Waals surface area contributed by atoms with Crippen molar-refractivity contribution in [1.82, 2.24) is 68.7 Å². The van der Waals surface area contributed by atoms with Crippen molar-refractivity contribution in [3.05, 3.63) is 47.7 Å². The van der Waals surface area contributed by atoms with Crippen LogP contribution >= 0.6 is 0 Å². The average Bonchev–Trinajstić information content (AvgIpc) is 1.48. The van der Waals surface area contributed by atoms with Gasteiger partial charge in [0, 0.05) is 19.4 Å². The molecule has 596 valence electrons. The summed E-state index contributed by atoms with van der Waals surface area (Å²) in [6.07, 6.45) is 1.64. The second-order valence-corrected chi connectivity index (χ2v) is 30.5. The Bertz CT molecular complexity index is 3180. The normalized spacial score (nSPS) is 22.5. The van der Waals surface area contributed by atoms with Crippen LogP contribution in [-0.4, -0.2) is 191 Å². The smallest absolute Gasteiger partial charge is 0.329 e. The molecule has 0 bridgehead atoms. The number of esters is 1. The van der Waals surface area contributed by atoms with E-state index in [9.17, 15) is 62.6 Å². The number of ether oxygens (including phenoxy) is 1. The molecule has 0 aliphatic carbocycles. The van der Waals surface area contributed by atoms with Crippen LogP contribution in [0.15, 0.2) is 42.1 Å². The van der Waals surface area contributed by atoms with E-state index in [1.807, 2.05) is 13.8 Å². The maximum Gasteiger partial charge on any atom is 0.329 e. The molecule has 5 unspecified atom stereocenters. The third kappa shape index (κ3) is 28.0. The maximum absolute atomic E-state index is 15.1. The Morgan fingerprint density at radius 2 is 1.15 bits per heavy atom. The molecule has 30 heteroatoms. The van der Waals surface area contributed by atoms with E-state index in [-0.39, 0.29) is 56.8 Å². The molecule has 0 aromatic heterocycles. The van der Waals surface area contributed by atoms with Crippen LogP contribution in [0.2, 0.25) is 0 Å². The van der Waals surface area contributed by atoms with Crippen molar-refractivity contribution >= 4 is 82.8 Å². The number of cyclic esters (lactones) is 1. The fraction of sp³-hybridized carbons (Fsp3) is 0.711. The fourth-order valence-corrected chi connectivity index (χ4v) is 12.3. The van der Waals surface area contributed by atoms with Gasteiger partial charge in [0.15, 0.2) is 0 Å². The molecular weight excluding hydrogens is 1360 g/mol. The van der Waals surface area contributed by atoms with E-state index in [4.69, 9.17) is 10.5 Å². The number of nitrogens with zero attached hydrogens (tertiary/aromatic N) is 1. The van der Waals surface area contributed by atoms with E-state index < -0.39 is 203 Å². The number of aliphatic hydroxyl groups excluding tert-OH is 1. The van der Waals surface area contributed by atoms with Crippen molar-refractivity contribution < 1.29 is 77.0 Å². The highest BCUT2D eigenvalue weighted by atomic mass is 16.5. The first-order valence-corrected chi connectivity index (χ1v) is 38.0. The topological polar surface area (TPSA) is 442 Å². The molecule has 1 aromatic carbocycles. The predicted octanol–water partition coefficient (Wildman–Crippen LogP) is 2.23. The third-order valence-corrected chi connectivity index (χ3v) is 19.5. The molecule has 0 radical (unpaired) electrons. The number of rotatable bonds is 34. The minimum atomic E-state index is -1.82. The highest BCUT2D eigenvalue weighted by Gasteiger charge is 2.44. The van der Waals surface area contributed by atoms with Gasteiger partial charge in [0.25, 0.3) is 5.91 Å². The lowest BCUT2D eigenvalue weighted by Crippen LogP contribution is -2.64. The number of nitrogens with one attached hydrogen (secondary N) is 12. The first-order valence-electron chi connectivity index (χ1n) is 38.0. The Hall–Kier alpha value is -8.54. The number of allylic oxidation sites excluding steroid dienone is 1. The van der Waals surface area contributed by atoms with E-state index in [2.05, 4.69) is 63.8 Å². The molecule has 30 nitrogen and oxygen atoms in total. The minimum Gasteiger partial charge on any atom is -0.458 e. The zero-order valence-corrected chi connectivity index (χ0v) is 66.0. The van der Waals surface area contributed by atoms with Gasteiger partial charge in [-0.1, -0.05) is 166 Å².